The van der Waals surface area contributed by atoms with Crippen LogP contribution in [0.5, 0.6) is 0 Å². The van der Waals surface area contributed by atoms with Crippen LogP contribution in [0.3, 0.4) is 0 Å². The molecule has 2 saturated heterocycles. The first-order chi connectivity index (χ1) is 9.72. The summed E-state index contributed by atoms with van der Waals surface area (Å²) in [7, 11) is 2.16. The fraction of sp³-hybridized carbons (Fsp3) is 0.938. The fourth-order valence-electron chi connectivity index (χ4n) is 4.26. The van der Waals surface area contributed by atoms with E-state index in [0.717, 1.165) is 25.4 Å². The van der Waals surface area contributed by atoms with Crippen LogP contribution in [0.2, 0.25) is 0 Å². The third kappa shape index (κ3) is 3.34. The number of amides is 1. The average molecular weight is 279 g/mol. The van der Waals surface area contributed by atoms with Crippen LogP contribution in [0.1, 0.15) is 44.9 Å². The molecule has 0 radical (unpaired) electrons. The molecule has 20 heavy (non-hydrogen) atoms. The van der Waals surface area contributed by atoms with Crippen LogP contribution < -0.4 is 10.6 Å². The first kappa shape index (κ1) is 14.3. The molecule has 1 aliphatic carbocycles. The molecular formula is C16H29N3O. The van der Waals surface area contributed by atoms with Gasteiger partial charge in [0.05, 0.1) is 6.04 Å². The van der Waals surface area contributed by atoms with Gasteiger partial charge in [-0.25, -0.2) is 0 Å². The van der Waals surface area contributed by atoms with Gasteiger partial charge in [0.1, 0.15) is 0 Å². The minimum absolute atomic E-state index is 0.0634. The quantitative estimate of drug-likeness (QED) is 0.820. The lowest BCUT2D eigenvalue weighted by atomic mass is 9.77. The summed E-state index contributed by atoms with van der Waals surface area (Å²) in [6.07, 6.45) is 8.83. The lowest BCUT2D eigenvalue weighted by Crippen LogP contribution is -2.55. The third-order valence-corrected chi connectivity index (χ3v) is 5.52. The van der Waals surface area contributed by atoms with E-state index < -0.39 is 0 Å². The lowest BCUT2D eigenvalue weighted by Gasteiger charge is -2.40. The summed E-state index contributed by atoms with van der Waals surface area (Å²) in [5, 5.41) is 6.80. The van der Waals surface area contributed by atoms with Crippen LogP contribution in [0.25, 0.3) is 0 Å². The second kappa shape index (κ2) is 6.44. The zero-order chi connectivity index (χ0) is 13.9. The van der Waals surface area contributed by atoms with Crippen LogP contribution in [0.4, 0.5) is 0 Å². The van der Waals surface area contributed by atoms with E-state index in [1.807, 2.05) is 0 Å². The SMILES string of the molecule is CN1CCC(CNC(=O)C2CCC3CCCCC3N2)C1. The summed E-state index contributed by atoms with van der Waals surface area (Å²) in [6, 6.07) is 0.666. The molecule has 3 fully saturated rings. The van der Waals surface area contributed by atoms with Gasteiger partial charge in [-0.1, -0.05) is 12.8 Å². The molecule has 0 spiro atoms. The standard InChI is InChI=1S/C16H29N3O/c1-19-9-8-12(11-19)10-17-16(20)15-7-6-13-4-2-3-5-14(13)18-15/h12-15,18H,2-11H2,1H3,(H,17,20). The summed E-state index contributed by atoms with van der Waals surface area (Å²) < 4.78 is 0. The highest BCUT2D eigenvalue weighted by molar-refractivity contribution is 5.81. The van der Waals surface area contributed by atoms with Gasteiger partial charge in [0.15, 0.2) is 0 Å². The fourth-order valence-corrected chi connectivity index (χ4v) is 4.26. The Hall–Kier alpha value is -0.610. The molecule has 3 aliphatic rings. The molecule has 4 unspecified atom stereocenters. The minimum Gasteiger partial charge on any atom is -0.354 e. The molecule has 2 heterocycles. The maximum atomic E-state index is 12.3. The second-order valence-electron chi connectivity index (χ2n) is 7.11. The molecule has 0 aromatic rings. The van der Waals surface area contributed by atoms with Crippen molar-refractivity contribution in [1.29, 1.82) is 0 Å². The Labute approximate surface area is 122 Å². The summed E-state index contributed by atoms with van der Waals surface area (Å²) >= 11 is 0. The summed E-state index contributed by atoms with van der Waals surface area (Å²) in [5.41, 5.74) is 0. The molecule has 0 aromatic heterocycles. The topological polar surface area (TPSA) is 44.4 Å². The summed E-state index contributed by atoms with van der Waals surface area (Å²) in [5.74, 6) is 1.72. The zero-order valence-corrected chi connectivity index (χ0v) is 12.7. The van der Waals surface area contributed by atoms with E-state index in [9.17, 15) is 4.79 Å². The lowest BCUT2D eigenvalue weighted by molar-refractivity contribution is -0.124. The maximum Gasteiger partial charge on any atom is 0.237 e. The largest absolute Gasteiger partial charge is 0.354 e. The van der Waals surface area contributed by atoms with Gasteiger partial charge in [-0.15, -0.1) is 0 Å². The number of piperidine rings is 1. The highest BCUT2D eigenvalue weighted by atomic mass is 16.2. The van der Waals surface area contributed by atoms with Crippen molar-refractivity contribution in [2.45, 2.75) is 57.0 Å². The minimum atomic E-state index is 0.0634. The van der Waals surface area contributed by atoms with E-state index in [4.69, 9.17) is 0 Å². The number of hydrogen-bond donors (Lipinski definition) is 2. The van der Waals surface area contributed by atoms with E-state index in [0.29, 0.717) is 12.0 Å². The molecule has 2 N–H and O–H groups in total. The Morgan fingerprint density at radius 3 is 2.85 bits per heavy atom. The van der Waals surface area contributed by atoms with Gasteiger partial charge < -0.3 is 15.5 Å². The Bertz CT molecular complexity index is 347. The maximum absolute atomic E-state index is 12.3. The first-order valence-corrected chi connectivity index (χ1v) is 8.44. The van der Waals surface area contributed by atoms with Gasteiger partial charge >= 0.3 is 0 Å². The van der Waals surface area contributed by atoms with Gasteiger partial charge in [-0.2, -0.15) is 0 Å². The van der Waals surface area contributed by atoms with Crippen LogP contribution >= 0.6 is 0 Å². The Balaban J connectivity index is 1.43. The van der Waals surface area contributed by atoms with E-state index in [1.54, 1.807) is 0 Å². The van der Waals surface area contributed by atoms with E-state index in [1.165, 1.54) is 45.1 Å². The number of fused-ring (bicyclic) bond motifs is 1. The highest BCUT2D eigenvalue weighted by Crippen LogP contribution is 2.32. The van der Waals surface area contributed by atoms with Gasteiger partial charge in [0.2, 0.25) is 5.91 Å². The molecule has 0 bridgehead atoms. The Kier molecular flexibility index (Phi) is 4.61. The Morgan fingerprint density at radius 2 is 2.05 bits per heavy atom. The highest BCUT2D eigenvalue weighted by Gasteiger charge is 2.34. The van der Waals surface area contributed by atoms with Gasteiger partial charge in [-0.05, 0) is 57.5 Å². The van der Waals surface area contributed by atoms with Gasteiger partial charge in [-0.3, -0.25) is 4.79 Å². The number of nitrogens with one attached hydrogen (secondary N) is 2. The van der Waals surface area contributed by atoms with Crippen LogP contribution in [-0.4, -0.2) is 49.6 Å². The average Bonchev–Trinajstić information content (AvgIpc) is 2.90. The normalized spacial score (nSPS) is 38.5. The molecule has 4 atom stereocenters. The summed E-state index contributed by atoms with van der Waals surface area (Å²) in [6.45, 7) is 3.16. The van der Waals surface area contributed by atoms with Crippen molar-refractivity contribution in [2.75, 3.05) is 26.7 Å². The molecule has 4 heteroatoms. The molecule has 1 amide bonds. The van der Waals surface area contributed by atoms with E-state index in [2.05, 4.69) is 22.6 Å². The predicted molar refractivity (Wildman–Crippen MR) is 80.5 cm³/mol. The van der Waals surface area contributed by atoms with Crippen molar-refractivity contribution in [3.63, 3.8) is 0 Å². The number of hydrogen-bond acceptors (Lipinski definition) is 3. The molecule has 4 nitrogen and oxygen atoms in total. The first-order valence-electron chi connectivity index (χ1n) is 8.44. The third-order valence-electron chi connectivity index (χ3n) is 5.52. The number of rotatable bonds is 3. The number of likely N-dealkylation sites (tertiary alicyclic amines) is 1. The zero-order valence-electron chi connectivity index (χ0n) is 12.7. The predicted octanol–water partition coefficient (Wildman–Crippen LogP) is 1.37. The molecule has 1 saturated carbocycles. The van der Waals surface area contributed by atoms with Crippen molar-refractivity contribution in [3.8, 4) is 0 Å². The van der Waals surface area contributed by atoms with Crippen molar-refractivity contribution in [2.24, 2.45) is 11.8 Å². The molecule has 2 aliphatic heterocycles. The molecule has 3 rings (SSSR count). The monoisotopic (exact) mass is 279 g/mol. The van der Waals surface area contributed by atoms with Gasteiger partial charge in [0, 0.05) is 19.1 Å². The van der Waals surface area contributed by atoms with Crippen LogP contribution in [-0.2, 0) is 4.79 Å². The number of carbonyl (C=O) groups is 1. The Morgan fingerprint density at radius 1 is 1.20 bits per heavy atom. The van der Waals surface area contributed by atoms with Crippen LogP contribution in [0.15, 0.2) is 0 Å². The van der Waals surface area contributed by atoms with Crippen molar-refractivity contribution in [1.82, 2.24) is 15.5 Å². The van der Waals surface area contributed by atoms with Crippen LogP contribution in [0, 0.1) is 11.8 Å². The summed E-state index contributed by atoms with van der Waals surface area (Å²) in [4.78, 5) is 14.7. The van der Waals surface area contributed by atoms with Gasteiger partial charge in [0.25, 0.3) is 0 Å². The molecule has 114 valence electrons. The van der Waals surface area contributed by atoms with Crippen molar-refractivity contribution >= 4 is 5.91 Å². The number of nitrogens with zero attached hydrogens (tertiary/aromatic N) is 1. The second-order valence-corrected chi connectivity index (χ2v) is 7.11. The van der Waals surface area contributed by atoms with Crippen molar-refractivity contribution < 1.29 is 4.79 Å². The molecular weight excluding hydrogens is 250 g/mol. The number of carbonyl (C=O) groups excluding carboxylic acids is 1. The molecule has 0 aromatic carbocycles. The van der Waals surface area contributed by atoms with E-state index in [-0.39, 0.29) is 11.9 Å². The smallest absolute Gasteiger partial charge is 0.237 e. The van der Waals surface area contributed by atoms with E-state index >= 15 is 0 Å². The van der Waals surface area contributed by atoms with Crippen molar-refractivity contribution in [3.05, 3.63) is 0 Å².